The normalized spacial score (nSPS) is 16.0. The van der Waals surface area contributed by atoms with Gasteiger partial charge in [0.15, 0.2) is 0 Å². The van der Waals surface area contributed by atoms with Gasteiger partial charge >= 0.3 is 0 Å². The number of aliphatic hydroxyl groups excluding tert-OH is 1. The van der Waals surface area contributed by atoms with Crippen molar-refractivity contribution in [3.63, 3.8) is 0 Å². The molecule has 2 N–H and O–H groups in total. The smallest absolute Gasteiger partial charge is 0.140 e. The Bertz CT molecular complexity index is 838. The Morgan fingerprint density at radius 2 is 2.04 bits per heavy atom. The first-order valence-corrected chi connectivity index (χ1v) is 8.58. The largest absolute Gasteiger partial charge is 0.396 e. The standard InChI is InChI=1S/C18H19ClN4O/c19-14-2-3-15-16(9-14)22-18(21-15)13-1-4-17(20-10-13)23-7-5-12(11-24)6-8-23/h1-4,9-10,12,24H,5-8,11H2,(H,21,22). The molecule has 5 nitrogen and oxygen atoms in total. The van der Waals surface area contributed by atoms with Gasteiger partial charge in [-0.3, -0.25) is 0 Å². The number of anilines is 1. The summed E-state index contributed by atoms with van der Waals surface area (Å²) < 4.78 is 0. The van der Waals surface area contributed by atoms with Crippen molar-refractivity contribution in [2.45, 2.75) is 12.8 Å². The molecule has 0 bridgehead atoms. The highest BCUT2D eigenvalue weighted by Gasteiger charge is 2.19. The molecule has 1 aromatic carbocycles. The SMILES string of the molecule is OCC1CCN(c2ccc(-c3nc4ccc(Cl)cc4[nH]3)cn2)CC1. The number of rotatable bonds is 3. The summed E-state index contributed by atoms with van der Waals surface area (Å²) >= 11 is 6.02. The monoisotopic (exact) mass is 342 g/mol. The van der Waals surface area contributed by atoms with E-state index in [2.05, 4.69) is 19.9 Å². The lowest BCUT2D eigenvalue weighted by atomic mass is 9.98. The van der Waals surface area contributed by atoms with Gasteiger partial charge in [0.1, 0.15) is 11.6 Å². The fourth-order valence-electron chi connectivity index (χ4n) is 3.18. The van der Waals surface area contributed by atoms with Crippen molar-refractivity contribution < 1.29 is 5.11 Å². The number of nitrogens with zero attached hydrogens (tertiary/aromatic N) is 3. The number of imidazole rings is 1. The predicted octanol–water partition coefficient (Wildman–Crippen LogP) is 3.49. The minimum atomic E-state index is 0.288. The third kappa shape index (κ3) is 2.97. The van der Waals surface area contributed by atoms with E-state index in [1.54, 1.807) is 0 Å². The highest BCUT2D eigenvalue weighted by molar-refractivity contribution is 6.31. The molecule has 24 heavy (non-hydrogen) atoms. The number of piperidine rings is 1. The second-order valence-corrected chi connectivity index (χ2v) is 6.70. The highest BCUT2D eigenvalue weighted by Crippen LogP contribution is 2.25. The van der Waals surface area contributed by atoms with Gasteiger partial charge in [-0.15, -0.1) is 0 Å². The summed E-state index contributed by atoms with van der Waals surface area (Å²) in [6.45, 7) is 2.18. The average molecular weight is 343 g/mol. The molecule has 2 aromatic heterocycles. The summed E-state index contributed by atoms with van der Waals surface area (Å²) in [6.07, 6.45) is 3.89. The number of pyridine rings is 1. The van der Waals surface area contributed by atoms with E-state index >= 15 is 0 Å². The van der Waals surface area contributed by atoms with Crippen molar-refractivity contribution in [2.75, 3.05) is 24.6 Å². The zero-order valence-corrected chi connectivity index (χ0v) is 14.0. The van der Waals surface area contributed by atoms with Gasteiger partial charge in [-0.25, -0.2) is 9.97 Å². The van der Waals surface area contributed by atoms with Crippen LogP contribution in [0.4, 0.5) is 5.82 Å². The second-order valence-electron chi connectivity index (χ2n) is 6.26. The number of hydrogen-bond donors (Lipinski definition) is 2. The fourth-order valence-corrected chi connectivity index (χ4v) is 3.35. The van der Waals surface area contributed by atoms with Crippen LogP contribution in [-0.2, 0) is 0 Å². The lowest BCUT2D eigenvalue weighted by Crippen LogP contribution is -2.35. The van der Waals surface area contributed by atoms with Crippen LogP contribution >= 0.6 is 11.6 Å². The van der Waals surface area contributed by atoms with Crippen LogP contribution < -0.4 is 4.90 Å². The van der Waals surface area contributed by atoms with Gasteiger partial charge in [0, 0.05) is 36.5 Å². The molecule has 0 aliphatic carbocycles. The van der Waals surface area contributed by atoms with E-state index in [9.17, 15) is 5.11 Å². The molecule has 1 aliphatic rings. The molecule has 0 amide bonds. The number of halogens is 1. The number of benzene rings is 1. The van der Waals surface area contributed by atoms with E-state index < -0.39 is 0 Å². The van der Waals surface area contributed by atoms with Gasteiger partial charge < -0.3 is 15.0 Å². The summed E-state index contributed by atoms with van der Waals surface area (Å²) in [5.41, 5.74) is 2.77. The summed E-state index contributed by atoms with van der Waals surface area (Å²) in [6, 6.07) is 9.70. The Morgan fingerprint density at radius 1 is 1.21 bits per heavy atom. The molecule has 124 valence electrons. The number of hydrogen-bond acceptors (Lipinski definition) is 4. The summed E-state index contributed by atoms with van der Waals surface area (Å²) in [5.74, 6) is 2.21. The lowest BCUT2D eigenvalue weighted by Gasteiger charge is -2.31. The molecule has 1 aliphatic heterocycles. The molecule has 0 saturated carbocycles. The van der Waals surface area contributed by atoms with Crippen LogP contribution in [0.3, 0.4) is 0 Å². The molecule has 0 unspecified atom stereocenters. The van der Waals surface area contributed by atoms with Crippen LogP contribution in [0, 0.1) is 5.92 Å². The number of aromatic nitrogens is 3. The summed E-state index contributed by atoms with van der Waals surface area (Å²) in [7, 11) is 0. The maximum absolute atomic E-state index is 9.23. The molecule has 0 atom stereocenters. The second kappa shape index (κ2) is 6.42. The van der Waals surface area contributed by atoms with Crippen LogP contribution in [0.25, 0.3) is 22.4 Å². The molecule has 1 fully saturated rings. The zero-order chi connectivity index (χ0) is 16.5. The van der Waals surface area contributed by atoms with Gasteiger partial charge in [-0.1, -0.05) is 11.6 Å². The molecule has 3 heterocycles. The van der Waals surface area contributed by atoms with Crippen molar-refractivity contribution in [2.24, 2.45) is 5.92 Å². The maximum Gasteiger partial charge on any atom is 0.140 e. The first-order chi connectivity index (χ1) is 11.7. The molecule has 4 rings (SSSR count). The Labute approximate surface area is 145 Å². The molecular formula is C18H19ClN4O. The lowest BCUT2D eigenvalue weighted by molar-refractivity contribution is 0.203. The molecule has 0 radical (unpaired) electrons. The van der Waals surface area contributed by atoms with E-state index in [1.165, 1.54) is 0 Å². The predicted molar refractivity (Wildman–Crippen MR) is 96.4 cm³/mol. The van der Waals surface area contributed by atoms with Crippen LogP contribution in [0.5, 0.6) is 0 Å². The Balaban J connectivity index is 1.54. The van der Waals surface area contributed by atoms with Gasteiger partial charge in [-0.05, 0) is 49.1 Å². The highest BCUT2D eigenvalue weighted by atomic mass is 35.5. The van der Waals surface area contributed by atoms with Crippen molar-refractivity contribution in [3.05, 3.63) is 41.6 Å². The topological polar surface area (TPSA) is 65.0 Å². The molecular weight excluding hydrogens is 324 g/mol. The molecule has 0 spiro atoms. The van der Waals surface area contributed by atoms with Gasteiger partial charge in [-0.2, -0.15) is 0 Å². The maximum atomic E-state index is 9.23. The minimum Gasteiger partial charge on any atom is -0.396 e. The first kappa shape index (κ1) is 15.4. The van der Waals surface area contributed by atoms with E-state index in [4.69, 9.17) is 11.6 Å². The summed E-state index contributed by atoms with van der Waals surface area (Å²) in [4.78, 5) is 14.7. The quantitative estimate of drug-likeness (QED) is 0.764. The van der Waals surface area contributed by atoms with Gasteiger partial charge in [0.25, 0.3) is 0 Å². The van der Waals surface area contributed by atoms with E-state index in [1.807, 2.05) is 36.5 Å². The van der Waals surface area contributed by atoms with E-state index in [0.717, 1.165) is 54.2 Å². The van der Waals surface area contributed by atoms with Gasteiger partial charge in [0.2, 0.25) is 0 Å². The first-order valence-electron chi connectivity index (χ1n) is 8.20. The van der Waals surface area contributed by atoms with Crippen molar-refractivity contribution >= 4 is 28.5 Å². The third-order valence-corrected chi connectivity index (χ3v) is 4.90. The molecule has 1 saturated heterocycles. The summed E-state index contributed by atoms with van der Waals surface area (Å²) in [5, 5.41) is 9.93. The van der Waals surface area contributed by atoms with Gasteiger partial charge in [0.05, 0.1) is 11.0 Å². The van der Waals surface area contributed by atoms with Crippen molar-refractivity contribution in [3.8, 4) is 11.4 Å². The van der Waals surface area contributed by atoms with Crippen LogP contribution in [-0.4, -0.2) is 39.8 Å². The number of H-pyrrole nitrogens is 1. The zero-order valence-electron chi connectivity index (χ0n) is 13.2. The van der Waals surface area contributed by atoms with Crippen molar-refractivity contribution in [1.29, 1.82) is 0 Å². The average Bonchev–Trinajstić information content (AvgIpc) is 3.05. The number of nitrogens with one attached hydrogen (secondary N) is 1. The minimum absolute atomic E-state index is 0.288. The molecule has 3 aromatic rings. The number of aromatic amines is 1. The fraction of sp³-hybridized carbons (Fsp3) is 0.333. The van der Waals surface area contributed by atoms with Crippen LogP contribution in [0.2, 0.25) is 5.02 Å². The Morgan fingerprint density at radius 3 is 2.75 bits per heavy atom. The Kier molecular flexibility index (Phi) is 4.12. The van der Waals surface area contributed by atoms with Crippen LogP contribution in [0.1, 0.15) is 12.8 Å². The number of fused-ring (bicyclic) bond motifs is 1. The third-order valence-electron chi connectivity index (χ3n) is 4.66. The van der Waals surface area contributed by atoms with Crippen LogP contribution in [0.15, 0.2) is 36.5 Å². The molecule has 6 heteroatoms. The van der Waals surface area contributed by atoms with E-state index in [0.29, 0.717) is 10.9 Å². The number of aliphatic hydroxyl groups is 1. The van der Waals surface area contributed by atoms with Crippen molar-refractivity contribution in [1.82, 2.24) is 15.0 Å². The Hall–Kier alpha value is -2.11. The van der Waals surface area contributed by atoms with E-state index in [-0.39, 0.29) is 6.61 Å².